The number of likely N-dealkylation sites (tertiary alicyclic amines) is 1. The first-order valence-electron chi connectivity index (χ1n) is 7.19. The van der Waals surface area contributed by atoms with Gasteiger partial charge in [-0.3, -0.25) is 4.90 Å². The zero-order valence-electron chi connectivity index (χ0n) is 12.4. The Bertz CT molecular complexity index is 405. The van der Waals surface area contributed by atoms with Crippen molar-refractivity contribution in [1.82, 2.24) is 9.80 Å². The van der Waals surface area contributed by atoms with Crippen molar-refractivity contribution in [2.24, 2.45) is 0 Å². The summed E-state index contributed by atoms with van der Waals surface area (Å²) in [5.41, 5.74) is -0.579. The third kappa shape index (κ3) is 4.06. The van der Waals surface area contributed by atoms with Crippen LogP contribution in [0.5, 0.6) is 0 Å². The number of hydrogen-bond acceptors (Lipinski definition) is 4. The second kappa shape index (κ2) is 6.07. The van der Waals surface area contributed by atoms with E-state index in [1.807, 2.05) is 26.1 Å². The fourth-order valence-electron chi connectivity index (χ4n) is 3.00. The Morgan fingerprint density at radius 2 is 2.26 bits per heavy atom. The van der Waals surface area contributed by atoms with Gasteiger partial charge in [-0.2, -0.15) is 0 Å². The highest BCUT2D eigenvalue weighted by molar-refractivity contribution is 5.05. The number of aliphatic hydroxyl groups is 1. The Kier molecular flexibility index (Phi) is 4.66. The molecule has 0 bridgehead atoms. The number of likely N-dealkylation sites (N-methyl/N-ethyl adjacent to an activating group) is 2. The van der Waals surface area contributed by atoms with Gasteiger partial charge in [0, 0.05) is 13.1 Å². The monoisotopic (exact) mass is 266 g/mol. The molecule has 1 atom stereocenters. The first-order chi connectivity index (χ1) is 9.00. The van der Waals surface area contributed by atoms with E-state index in [-0.39, 0.29) is 0 Å². The highest BCUT2D eigenvalue weighted by Gasteiger charge is 2.33. The molecule has 0 spiro atoms. The van der Waals surface area contributed by atoms with E-state index in [0.29, 0.717) is 6.54 Å². The van der Waals surface area contributed by atoms with Gasteiger partial charge in [-0.05, 0) is 52.0 Å². The van der Waals surface area contributed by atoms with Gasteiger partial charge in [0.05, 0.1) is 12.1 Å². The molecule has 0 saturated carbocycles. The van der Waals surface area contributed by atoms with Gasteiger partial charge < -0.3 is 14.4 Å². The van der Waals surface area contributed by atoms with Crippen LogP contribution < -0.4 is 0 Å². The summed E-state index contributed by atoms with van der Waals surface area (Å²) in [6.45, 7) is 8.47. The molecule has 2 heterocycles. The minimum Gasteiger partial charge on any atom is -0.465 e. The average molecular weight is 266 g/mol. The van der Waals surface area contributed by atoms with Gasteiger partial charge in [-0.25, -0.2) is 0 Å². The lowest BCUT2D eigenvalue weighted by molar-refractivity contribution is -0.0499. The van der Waals surface area contributed by atoms with Crippen LogP contribution >= 0.6 is 0 Å². The fraction of sp³-hybridized carbons (Fsp3) is 0.733. The number of rotatable bonds is 5. The molecule has 1 fully saturated rings. The smallest absolute Gasteiger partial charge is 0.118 e. The van der Waals surface area contributed by atoms with Gasteiger partial charge in [0.2, 0.25) is 0 Å². The van der Waals surface area contributed by atoms with E-state index >= 15 is 0 Å². The minimum absolute atomic E-state index is 0.579. The summed E-state index contributed by atoms with van der Waals surface area (Å²) in [6, 6.07) is 3.99. The maximum Gasteiger partial charge on any atom is 0.118 e. The molecule has 2 rings (SSSR count). The molecule has 1 saturated heterocycles. The second-order valence-corrected chi connectivity index (χ2v) is 5.88. The van der Waals surface area contributed by atoms with Crippen molar-refractivity contribution in [3.05, 3.63) is 23.7 Å². The van der Waals surface area contributed by atoms with Crippen molar-refractivity contribution < 1.29 is 9.52 Å². The van der Waals surface area contributed by atoms with Crippen molar-refractivity contribution in [2.45, 2.75) is 38.8 Å². The highest BCUT2D eigenvalue weighted by Crippen LogP contribution is 2.22. The summed E-state index contributed by atoms with van der Waals surface area (Å²) in [7, 11) is 2.04. The SMILES string of the molecule is CCN1CCCC(O)(CN(C)Cc2ccc(C)o2)C1. The van der Waals surface area contributed by atoms with Gasteiger partial charge in [0.15, 0.2) is 0 Å². The lowest BCUT2D eigenvalue weighted by atomic mass is 9.92. The molecule has 0 aliphatic carbocycles. The molecule has 0 amide bonds. The highest BCUT2D eigenvalue weighted by atomic mass is 16.3. The minimum atomic E-state index is -0.579. The summed E-state index contributed by atoms with van der Waals surface area (Å²) in [6.07, 6.45) is 1.98. The zero-order valence-corrected chi connectivity index (χ0v) is 12.4. The molecule has 1 unspecified atom stereocenters. The molecule has 4 nitrogen and oxygen atoms in total. The van der Waals surface area contributed by atoms with Crippen molar-refractivity contribution in [2.75, 3.05) is 33.2 Å². The molecular formula is C15H26N2O2. The predicted molar refractivity (Wildman–Crippen MR) is 76.1 cm³/mol. The molecule has 1 aromatic rings. The van der Waals surface area contributed by atoms with Crippen LogP contribution in [-0.4, -0.2) is 53.7 Å². The first kappa shape index (κ1) is 14.6. The van der Waals surface area contributed by atoms with E-state index in [2.05, 4.69) is 16.7 Å². The summed E-state index contributed by atoms with van der Waals surface area (Å²) >= 11 is 0. The molecular weight excluding hydrogens is 240 g/mol. The molecule has 0 radical (unpaired) electrons. The third-order valence-electron chi connectivity index (χ3n) is 3.87. The molecule has 0 aromatic carbocycles. The predicted octanol–water partition coefficient (Wildman–Crippen LogP) is 1.87. The average Bonchev–Trinajstić information content (AvgIpc) is 2.73. The number of aryl methyl sites for hydroxylation is 1. The molecule has 4 heteroatoms. The number of piperidine rings is 1. The van der Waals surface area contributed by atoms with Gasteiger partial charge in [0.1, 0.15) is 11.5 Å². The van der Waals surface area contributed by atoms with E-state index in [1.54, 1.807) is 0 Å². The van der Waals surface area contributed by atoms with Crippen molar-refractivity contribution in [3.63, 3.8) is 0 Å². The molecule has 1 aromatic heterocycles. The Morgan fingerprint density at radius 1 is 1.47 bits per heavy atom. The van der Waals surface area contributed by atoms with Crippen LogP contribution in [0.1, 0.15) is 31.3 Å². The first-order valence-corrected chi connectivity index (χ1v) is 7.19. The Morgan fingerprint density at radius 3 is 2.89 bits per heavy atom. The topological polar surface area (TPSA) is 39.9 Å². The number of hydrogen-bond donors (Lipinski definition) is 1. The van der Waals surface area contributed by atoms with Crippen molar-refractivity contribution in [3.8, 4) is 0 Å². The fourth-order valence-corrected chi connectivity index (χ4v) is 3.00. The van der Waals surface area contributed by atoms with Crippen LogP contribution in [0.4, 0.5) is 0 Å². The third-order valence-corrected chi connectivity index (χ3v) is 3.87. The van der Waals surface area contributed by atoms with Gasteiger partial charge in [0.25, 0.3) is 0 Å². The Labute approximate surface area is 116 Å². The molecule has 19 heavy (non-hydrogen) atoms. The molecule has 1 aliphatic heterocycles. The van der Waals surface area contributed by atoms with E-state index in [0.717, 1.165) is 50.5 Å². The number of furan rings is 1. The molecule has 1 aliphatic rings. The largest absolute Gasteiger partial charge is 0.465 e. The maximum atomic E-state index is 10.7. The van der Waals surface area contributed by atoms with Crippen molar-refractivity contribution in [1.29, 1.82) is 0 Å². The lowest BCUT2D eigenvalue weighted by Crippen LogP contribution is -2.53. The van der Waals surface area contributed by atoms with Crippen LogP contribution in [0.3, 0.4) is 0 Å². The summed E-state index contributed by atoms with van der Waals surface area (Å²) < 4.78 is 5.58. The van der Waals surface area contributed by atoms with E-state index in [4.69, 9.17) is 4.42 Å². The van der Waals surface area contributed by atoms with Crippen LogP contribution in [0, 0.1) is 6.92 Å². The van der Waals surface area contributed by atoms with Crippen LogP contribution in [0.25, 0.3) is 0 Å². The van der Waals surface area contributed by atoms with Crippen molar-refractivity contribution >= 4 is 0 Å². The Balaban J connectivity index is 1.88. The second-order valence-electron chi connectivity index (χ2n) is 5.88. The standard InChI is InChI=1S/C15H26N2O2/c1-4-17-9-5-8-15(18,12-17)11-16(3)10-14-7-6-13(2)19-14/h6-7,18H,4-5,8-12H2,1-3H3. The normalized spacial score (nSPS) is 25.1. The van der Waals surface area contributed by atoms with E-state index < -0.39 is 5.60 Å². The van der Waals surface area contributed by atoms with E-state index in [9.17, 15) is 5.11 Å². The van der Waals surface area contributed by atoms with Gasteiger partial charge >= 0.3 is 0 Å². The molecule has 1 N–H and O–H groups in total. The maximum absolute atomic E-state index is 10.7. The van der Waals surface area contributed by atoms with Crippen LogP contribution in [-0.2, 0) is 6.54 Å². The lowest BCUT2D eigenvalue weighted by Gasteiger charge is -2.40. The molecule has 108 valence electrons. The van der Waals surface area contributed by atoms with Crippen LogP contribution in [0.2, 0.25) is 0 Å². The number of β-amino-alcohol motifs (C(OH)–C–C–N with tert-alkyl or cyclic N) is 1. The summed E-state index contributed by atoms with van der Waals surface area (Å²) in [4.78, 5) is 4.48. The van der Waals surface area contributed by atoms with Crippen LogP contribution in [0.15, 0.2) is 16.5 Å². The zero-order chi connectivity index (χ0) is 13.9. The van der Waals surface area contributed by atoms with Gasteiger partial charge in [-0.15, -0.1) is 0 Å². The Hall–Kier alpha value is -0.840. The summed E-state index contributed by atoms with van der Waals surface area (Å²) in [5, 5.41) is 10.7. The quantitative estimate of drug-likeness (QED) is 0.883. The van der Waals surface area contributed by atoms with E-state index in [1.165, 1.54) is 0 Å². The summed E-state index contributed by atoms with van der Waals surface area (Å²) in [5.74, 6) is 1.91. The van der Waals surface area contributed by atoms with Gasteiger partial charge in [-0.1, -0.05) is 6.92 Å². The number of nitrogens with zero attached hydrogens (tertiary/aromatic N) is 2.